The molecule has 0 aliphatic carbocycles. The fourth-order valence-electron chi connectivity index (χ4n) is 3.09. The highest BCUT2D eigenvalue weighted by Gasteiger charge is 2.16. The van der Waals surface area contributed by atoms with Gasteiger partial charge in [-0.15, -0.1) is 10.2 Å². The highest BCUT2D eigenvalue weighted by atomic mass is 15.4. The van der Waals surface area contributed by atoms with E-state index in [1.54, 1.807) is 4.52 Å². The number of nitrogens with zero attached hydrogens (tertiary/aromatic N) is 7. The standard InChI is InChI=1S/C15H20N8/c1-10-11(2)19-15-17-9-18-23(15)14(10)16-7-6-13-21-20-12-5-3-4-8-22(12)13/h9,16H,3-8H2,1-2H3. The van der Waals surface area contributed by atoms with E-state index in [-0.39, 0.29) is 0 Å². The molecular formula is C15H20N8. The van der Waals surface area contributed by atoms with Gasteiger partial charge in [-0.3, -0.25) is 0 Å². The van der Waals surface area contributed by atoms with Crippen LogP contribution < -0.4 is 5.32 Å². The maximum absolute atomic E-state index is 4.43. The van der Waals surface area contributed by atoms with Gasteiger partial charge < -0.3 is 9.88 Å². The SMILES string of the molecule is Cc1nc2ncnn2c(NCCc2nnc3n2CCCC3)c1C. The molecule has 1 N–H and O–H groups in total. The van der Waals surface area contributed by atoms with Gasteiger partial charge in [0.05, 0.1) is 0 Å². The largest absolute Gasteiger partial charge is 0.369 e. The number of hydrogen-bond acceptors (Lipinski definition) is 6. The van der Waals surface area contributed by atoms with Crippen molar-refractivity contribution >= 4 is 11.6 Å². The van der Waals surface area contributed by atoms with Crippen LogP contribution in [0.1, 0.15) is 35.7 Å². The maximum atomic E-state index is 4.43. The zero-order valence-electron chi connectivity index (χ0n) is 13.5. The van der Waals surface area contributed by atoms with E-state index < -0.39 is 0 Å². The Morgan fingerprint density at radius 1 is 1.22 bits per heavy atom. The molecule has 23 heavy (non-hydrogen) atoms. The van der Waals surface area contributed by atoms with E-state index in [9.17, 15) is 0 Å². The summed E-state index contributed by atoms with van der Waals surface area (Å²) in [6.45, 7) is 5.85. The van der Waals surface area contributed by atoms with Crippen LogP contribution in [0.3, 0.4) is 0 Å². The van der Waals surface area contributed by atoms with Crippen molar-refractivity contribution in [2.24, 2.45) is 0 Å². The van der Waals surface area contributed by atoms with Crippen molar-refractivity contribution in [2.75, 3.05) is 11.9 Å². The number of aryl methyl sites for hydroxylation is 2. The van der Waals surface area contributed by atoms with E-state index in [1.165, 1.54) is 19.2 Å². The quantitative estimate of drug-likeness (QED) is 0.782. The van der Waals surface area contributed by atoms with E-state index in [0.717, 1.165) is 54.7 Å². The average molecular weight is 312 g/mol. The second kappa shape index (κ2) is 5.60. The van der Waals surface area contributed by atoms with Crippen molar-refractivity contribution in [1.82, 2.24) is 34.3 Å². The molecule has 8 nitrogen and oxygen atoms in total. The maximum Gasteiger partial charge on any atom is 0.254 e. The van der Waals surface area contributed by atoms with Gasteiger partial charge in [0.1, 0.15) is 23.8 Å². The number of aromatic nitrogens is 7. The highest BCUT2D eigenvalue weighted by molar-refractivity contribution is 5.51. The van der Waals surface area contributed by atoms with E-state index in [4.69, 9.17) is 0 Å². The fraction of sp³-hybridized carbons (Fsp3) is 0.533. The molecule has 3 aromatic rings. The molecule has 1 aliphatic heterocycles. The second-order valence-electron chi connectivity index (χ2n) is 5.96. The molecule has 0 unspecified atom stereocenters. The Morgan fingerprint density at radius 2 is 2.13 bits per heavy atom. The number of rotatable bonds is 4. The van der Waals surface area contributed by atoms with Crippen LogP contribution in [0.15, 0.2) is 6.33 Å². The van der Waals surface area contributed by atoms with Crippen molar-refractivity contribution in [3.05, 3.63) is 29.2 Å². The van der Waals surface area contributed by atoms with E-state index in [0.29, 0.717) is 5.78 Å². The van der Waals surface area contributed by atoms with Crippen LogP contribution in [0, 0.1) is 13.8 Å². The fourth-order valence-corrected chi connectivity index (χ4v) is 3.09. The lowest BCUT2D eigenvalue weighted by molar-refractivity contribution is 0.508. The van der Waals surface area contributed by atoms with Crippen LogP contribution >= 0.6 is 0 Å². The van der Waals surface area contributed by atoms with E-state index in [2.05, 4.69) is 35.1 Å². The van der Waals surface area contributed by atoms with Gasteiger partial charge in [0.25, 0.3) is 5.78 Å². The van der Waals surface area contributed by atoms with Gasteiger partial charge in [-0.25, -0.2) is 4.98 Å². The number of anilines is 1. The summed E-state index contributed by atoms with van der Waals surface area (Å²) in [5, 5.41) is 16.4. The molecule has 0 spiro atoms. The molecular weight excluding hydrogens is 292 g/mol. The number of fused-ring (bicyclic) bond motifs is 2. The van der Waals surface area contributed by atoms with Crippen molar-refractivity contribution < 1.29 is 0 Å². The average Bonchev–Trinajstić information content (AvgIpc) is 3.18. The van der Waals surface area contributed by atoms with E-state index >= 15 is 0 Å². The Kier molecular flexibility index (Phi) is 3.44. The third-order valence-corrected chi connectivity index (χ3v) is 4.48. The highest BCUT2D eigenvalue weighted by Crippen LogP contribution is 2.18. The molecule has 120 valence electrons. The van der Waals surface area contributed by atoms with Crippen LogP contribution in [0.25, 0.3) is 5.78 Å². The zero-order chi connectivity index (χ0) is 15.8. The first kappa shape index (κ1) is 14.1. The second-order valence-corrected chi connectivity index (χ2v) is 5.96. The van der Waals surface area contributed by atoms with Gasteiger partial charge in [0, 0.05) is 37.2 Å². The summed E-state index contributed by atoms with van der Waals surface area (Å²) in [5.74, 6) is 3.75. The number of nitrogens with one attached hydrogen (secondary N) is 1. The molecule has 3 aromatic heterocycles. The number of hydrogen-bond donors (Lipinski definition) is 1. The van der Waals surface area contributed by atoms with Crippen molar-refractivity contribution in [2.45, 2.75) is 46.1 Å². The van der Waals surface area contributed by atoms with Crippen LogP contribution in [-0.2, 0) is 19.4 Å². The molecule has 0 fully saturated rings. The Hall–Kier alpha value is -2.51. The minimum absolute atomic E-state index is 0.621. The summed E-state index contributed by atoms with van der Waals surface area (Å²) in [6, 6.07) is 0. The molecule has 0 amide bonds. The van der Waals surface area contributed by atoms with Crippen molar-refractivity contribution in [1.29, 1.82) is 0 Å². The minimum atomic E-state index is 0.621. The topological polar surface area (TPSA) is 85.8 Å². The summed E-state index contributed by atoms with van der Waals surface area (Å²) in [7, 11) is 0. The van der Waals surface area contributed by atoms with Gasteiger partial charge in [0.2, 0.25) is 0 Å². The van der Waals surface area contributed by atoms with Gasteiger partial charge in [-0.1, -0.05) is 0 Å². The lowest BCUT2D eigenvalue weighted by Crippen LogP contribution is -2.17. The molecule has 0 aromatic carbocycles. The van der Waals surface area contributed by atoms with Gasteiger partial charge in [-0.05, 0) is 26.7 Å². The first-order chi connectivity index (χ1) is 11.2. The van der Waals surface area contributed by atoms with Crippen LogP contribution in [0.4, 0.5) is 5.82 Å². The lowest BCUT2D eigenvalue weighted by Gasteiger charge is -2.15. The molecule has 0 radical (unpaired) electrons. The van der Waals surface area contributed by atoms with Crippen LogP contribution in [0.2, 0.25) is 0 Å². The third kappa shape index (κ3) is 2.43. The summed E-state index contributed by atoms with van der Waals surface area (Å²) in [5.41, 5.74) is 2.05. The minimum Gasteiger partial charge on any atom is -0.369 e. The van der Waals surface area contributed by atoms with Crippen molar-refractivity contribution in [3.63, 3.8) is 0 Å². The van der Waals surface area contributed by atoms with Crippen LogP contribution in [0.5, 0.6) is 0 Å². The summed E-state index contributed by atoms with van der Waals surface area (Å²) >= 11 is 0. The Balaban J connectivity index is 1.53. The molecule has 0 saturated carbocycles. The van der Waals surface area contributed by atoms with Gasteiger partial charge in [0.15, 0.2) is 0 Å². The van der Waals surface area contributed by atoms with E-state index in [1.807, 2.05) is 13.8 Å². The lowest BCUT2D eigenvalue weighted by atomic mass is 10.1. The summed E-state index contributed by atoms with van der Waals surface area (Å²) in [4.78, 5) is 8.61. The summed E-state index contributed by atoms with van der Waals surface area (Å²) in [6.07, 6.45) is 5.85. The van der Waals surface area contributed by atoms with Crippen LogP contribution in [-0.4, -0.2) is 40.9 Å². The van der Waals surface area contributed by atoms with Gasteiger partial charge in [-0.2, -0.15) is 14.6 Å². The first-order valence-electron chi connectivity index (χ1n) is 8.06. The Morgan fingerprint density at radius 3 is 3.04 bits per heavy atom. The van der Waals surface area contributed by atoms with Crippen molar-refractivity contribution in [3.8, 4) is 0 Å². The smallest absolute Gasteiger partial charge is 0.254 e. The zero-order valence-corrected chi connectivity index (χ0v) is 13.5. The molecule has 8 heteroatoms. The molecule has 0 bridgehead atoms. The Labute approximate surface area is 134 Å². The summed E-state index contributed by atoms with van der Waals surface area (Å²) < 4.78 is 4.02. The monoisotopic (exact) mass is 312 g/mol. The molecule has 4 rings (SSSR count). The predicted molar refractivity (Wildman–Crippen MR) is 85.4 cm³/mol. The first-order valence-corrected chi connectivity index (χ1v) is 8.06. The molecule has 4 heterocycles. The molecule has 0 saturated heterocycles. The Bertz CT molecular complexity index is 847. The third-order valence-electron chi connectivity index (χ3n) is 4.48. The van der Waals surface area contributed by atoms with Gasteiger partial charge >= 0.3 is 0 Å². The molecule has 0 atom stereocenters. The molecule has 1 aliphatic rings. The normalized spacial score (nSPS) is 14.2. The predicted octanol–water partition coefficient (Wildman–Crippen LogP) is 1.32.